The second kappa shape index (κ2) is 9.51. The Morgan fingerprint density at radius 1 is 1.12 bits per heavy atom. The molecular formula is C29H31F3N6O4. The van der Waals surface area contributed by atoms with Crippen LogP contribution in [0.5, 0.6) is 5.88 Å². The van der Waals surface area contributed by atoms with Crippen molar-refractivity contribution in [3.63, 3.8) is 0 Å². The van der Waals surface area contributed by atoms with Gasteiger partial charge in [0.15, 0.2) is 0 Å². The van der Waals surface area contributed by atoms with Gasteiger partial charge in [-0.15, -0.1) is 0 Å². The molecule has 0 unspecified atom stereocenters. The number of anilines is 2. The Balaban J connectivity index is 1.24. The number of aromatic nitrogens is 3. The molecule has 0 spiro atoms. The number of carbonyl (C=O) groups excluding carboxylic acids is 2. The van der Waals surface area contributed by atoms with Crippen LogP contribution in [-0.2, 0) is 15.1 Å². The fourth-order valence-electron chi connectivity index (χ4n) is 5.42. The number of carbonyl (C=O) groups is 2. The van der Waals surface area contributed by atoms with Crippen molar-refractivity contribution in [2.75, 3.05) is 18.4 Å². The molecule has 13 heteroatoms. The van der Waals surface area contributed by atoms with E-state index in [0.717, 1.165) is 10.9 Å². The van der Waals surface area contributed by atoms with Crippen LogP contribution in [0.4, 0.5) is 24.8 Å². The van der Waals surface area contributed by atoms with Gasteiger partial charge in [0.25, 0.3) is 0 Å². The molecule has 0 bridgehead atoms. The molecule has 2 aliphatic heterocycles. The largest absolute Gasteiger partial charge is 0.470 e. The molecule has 3 aromatic heterocycles. The van der Waals surface area contributed by atoms with Gasteiger partial charge in [-0.1, -0.05) is 6.92 Å². The van der Waals surface area contributed by atoms with E-state index in [2.05, 4.69) is 20.3 Å². The van der Waals surface area contributed by atoms with E-state index in [0.29, 0.717) is 28.3 Å². The third-order valence-electron chi connectivity index (χ3n) is 8.37. The van der Waals surface area contributed by atoms with Gasteiger partial charge in [0.2, 0.25) is 11.8 Å². The van der Waals surface area contributed by atoms with Crippen LogP contribution < -0.4 is 15.8 Å². The molecule has 5 heterocycles. The van der Waals surface area contributed by atoms with E-state index in [1.165, 1.54) is 4.90 Å². The number of halogens is 3. The normalized spacial score (nSPS) is 21.8. The van der Waals surface area contributed by atoms with Crippen molar-refractivity contribution in [2.45, 2.75) is 70.4 Å². The van der Waals surface area contributed by atoms with E-state index in [1.54, 1.807) is 30.6 Å². The molecule has 3 N–H and O–H groups in total. The molecule has 1 saturated heterocycles. The zero-order valence-electron chi connectivity index (χ0n) is 23.6. The van der Waals surface area contributed by atoms with E-state index >= 15 is 0 Å². The Bertz CT molecular complexity index is 1590. The summed E-state index contributed by atoms with van der Waals surface area (Å²) in [6.45, 7) is 7.55. The zero-order valence-corrected chi connectivity index (χ0v) is 23.6. The molecule has 3 aliphatic rings. The number of rotatable bonds is 6. The first-order valence-electron chi connectivity index (χ1n) is 13.8. The van der Waals surface area contributed by atoms with Crippen LogP contribution in [0.15, 0.2) is 30.6 Å². The van der Waals surface area contributed by atoms with Crippen molar-refractivity contribution in [3.05, 3.63) is 47.4 Å². The van der Waals surface area contributed by atoms with Gasteiger partial charge < -0.3 is 25.4 Å². The standard InChI is InChI=1S/C29H31F3N6O4/c1-14-15(2)41-25(39)17-5-6-21(37-23(14)17)36-22-9-18-19(10-34-22)24(35-11-20(18)27(3,4)33)42-16-12-38(13-16)26(40)28(7-8-28)29(30,31)32/h5-6,9-11,14-16H,7-8,12-13,33H2,1-4H3,(H,34,36,37)/t14-,15-/m0/s1. The van der Waals surface area contributed by atoms with E-state index in [9.17, 15) is 22.8 Å². The van der Waals surface area contributed by atoms with Crippen LogP contribution in [0.3, 0.4) is 0 Å². The number of hydrogen-bond acceptors (Lipinski definition) is 9. The number of esters is 1. The Morgan fingerprint density at radius 3 is 2.48 bits per heavy atom. The summed E-state index contributed by atoms with van der Waals surface area (Å²) in [5.74, 6) is -0.153. The fraction of sp³-hybridized carbons (Fsp3) is 0.483. The summed E-state index contributed by atoms with van der Waals surface area (Å²) in [6.07, 6.45) is -2.50. The number of ether oxygens (including phenoxy) is 2. The van der Waals surface area contributed by atoms with Gasteiger partial charge in [-0.3, -0.25) is 4.79 Å². The lowest BCUT2D eigenvalue weighted by Crippen LogP contribution is -2.59. The highest BCUT2D eigenvalue weighted by Gasteiger charge is 2.70. The van der Waals surface area contributed by atoms with Gasteiger partial charge in [-0.2, -0.15) is 13.2 Å². The number of hydrogen-bond donors (Lipinski definition) is 2. The summed E-state index contributed by atoms with van der Waals surface area (Å²) in [5, 5.41) is 4.48. The van der Waals surface area contributed by atoms with Gasteiger partial charge in [0, 0.05) is 23.9 Å². The SMILES string of the molecule is C[C@@H]1OC(=O)c2ccc(Nc3cc4c(C(C)(C)N)cnc(OC5CN(C(=O)C6(C(F)(F)F)CC6)C5)c4cn3)nc2[C@H]1C. The van der Waals surface area contributed by atoms with Crippen molar-refractivity contribution in [1.29, 1.82) is 0 Å². The number of pyridine rings is 3. The molecule has 1 amide bonds. The molecule has 3 aromatic rings. The average molecular weight is 585 g/mol. The second-order valence-electron chi connectivity index (χ2n) is 12.0. The quantitative estimate of drug-likeness (QED) is 0.400. The van der Waals surface area contributed by atoms with E-state index in [-0.39, 0.29) is 43.8 Å². The minimum atomic E-state index is -4.55. The molecule has 2 fully saturated rings. The molecule has 10 nitrogen and oxygen atoms in total. The lowest BCUT2D eigenvalue weighted by Gasteiger charge is -2.41. The van der Waals surface area contributed by atoms with Crippen LogP contribution in [0.2, 0.25) is 0 Å². The van der Waals surface area contributed by atoms with E-state index in [1.807, 2.05) is 27.7 Å². The number of alkyl halides is 3. The fourth-order valence-corrected chi connectivity index (χ4v) is 5.42. The molecule has 2 atom stereocenters. The maximum Gasteiger partial charge on any atom is 0.403 e. The first-order chi connectivity index (χ1) is 19.7. The third kappa shape index (κ3) is 4.69. The predicted molar refractivity (Wildman–Crippen MR) is 146 cm³/mol. The van der Waals surface area contributed by atoms with Crippen LogP contribution in [0, 0.1) is 5.41 Å². The molecule has 42 heavy (non-hydrogen) atoms. The van der Waals surface area contributed by atoms with Crippen LogP contribution in [-0.4, -0.2) is 63.2 Å². The number of likely N-dealkylation sites (tertiary alicyclic amines) is 1. The summed E-state index contributed by atoms with van der Waals surface area (Å²) in [4.78, 5) is 39.6. The van der Waals surface area contributed by atoms with Crippen molar-refractivity contribution >= 4 is 34.3 Å². The minimum absolute atomic E-state index is 0.0472. The Labute approximate surface area is 239 Å². The maximum absolute atomic E-state index is 13.4. The zero-order chi connectivity index (χ0) is 30.2. The number of cyclic esters (lactones) is 1. The molecule has 0 radical (unpaired) electrons. The topological polar surface area (TPSA) is 133 Å². The molecule has 6 rings (SSSR count). The monoisotopic (exact) mass is 584 g/mol. The minimum Gasteiger partial charge on any atom is -0.470 e. The smallest absolute Gasteiger partial charge is 0.403 e. The van der Waals surface area contributed by atoms with Gasteiger partial charge in [-0.05, 0) is 62.8 Å². The van der Waals surface area contributed by atoms with Gasteiger partial charge >= 0.3 is 12.1 Å². The van der Waals surface area contributed by atoms with Crippen molar-refractivity contribution in [1.82, 2.24) is 19.9 Å². The number of amides is 1. The van der Waals surface area contributed by atoms with E-state index < -0.39 is 35.1 Å². The summed E-state index contributed by atoms with van der Waals surface area (Å²) in [6, 6.07) is 5.15. The highest BCUT2D eigenvalue weighted by molar-refractivity contribution is 5.93. The second-order valence-corrected chi connectivity index (χ2v) is 12.0. The molecular weight excluding hydrogens is 553 g/mol. The lowest BCUT2D eigenvalue weighted by molar-refractivity contribution is -0.202. The predicted octanol–water partition coefficient (Wildman–Crippen LogP) is 4.56. The van der Waals surface area contributed by atoms with Crippen molar-refractivity contribution in [3.8, 4) is 5.88 Å². The van der Waals surface area contributed by atoms with Crippen molar-refractivity contribution < 1.29 is 32.2 Å². The average Bonchev–Trinajstić information content (AvgIpc) is 3.70. The van der Waals surface area contributed by atoms with E-state index in [4.69, 9.17) is 15.2 Å². The maximum atomic E-state index is 13.4. The summed E-state index contributed by atoms with van der Waals surface area (Å²) < 4.78 is 51.5. The molecule has 1 aliphatic carbocycles. The number of fused-ring (bicyclic) bond motifs is 2. The number of nitrogens with two attached hydrogens (primary N) is 1. The Morgan fingerprint density at radius 2 is 1.83 bits per heavy atom. The number of nitrogens with zero attached hydrogens (tertiary/aromatic N) is 4. The summed E-state index contributed by atoms with van der Waals surface area (Å²) in [7, 11) is 0. The van der Waals surface area contributed by atoms with Crippen LogP contribution in [0.25, 0.3) is 10.8 Å². The van der Waals surface area contributed by atoms with Crippen molar-refractivity contribution in [2.24, 2.45) is 11.1 Å². The summed E-state index contributed by atoms with van der Waals surface area (Å²) >= 11 is 0. The molecule has 222 valence electrons. The first kappa shape index (κ1) is 28.1. The first-order valence-corrected chi connectivity index (χ1v) is 13.8. The highest BCUT2D eigenvalue weighted by atomic mass is 19.4. The summed E-state index contributed by atoms with van der Waals surface area (Å²) in [5.41, 5.74) is 5.24. The van der Waals surface area contributed by atoms with Crippen LogP contribution in [0.1, 0.15) is 68.1 Å². The molecule has 0 aromatic carbocycles. The lowest BCUT2D eigenvalue weighted by atomic mass is 9.93. The highest BCUT2D eigenvalue weighted by Crippen LogP contribution is 2.59. The van der Waals surface area contributed by atoms with Gasteiger partial charge in [-0.25, -0.2) is 19.7 Å². The Hall–Kier alpha value is -4.00. The van der Waals surface area contributed by atoms with Gasteiger partial charge in [0.1, 0.15) is 29.3 Å². The number of nitrogens with one attached hydrogen (secondary N) is 1. The molecule has 1 saturated carbocycles. The van der Waals surface area contributed by atoms with Gasteiger partial charge in [0.05, 0.1) is 29.7 Å². The third-order valence-corrected chi connectivity index (χ3v) is 8.37. The van der Waals surface area contributed by atoms with Crippen LogP contribution >= 0.6 is 0 Å². The Kier molecular flexibility index (Phi) is 6.37.